The maximum absolute atomic E-state index is 16.7. The van der Waals surface area contributed by atoms with Gasteiger partial charge in [0.2, 0.25) is 0 Å². The number of halogens is 2. The number of ether oxygens (including phenoxy) is 1. The molecule has 2 fully saturated rings. The summed E-state index contributed by atoms with van der Waals surface area (Å²) in [6.07, 6.45) is 3.39. The molecule has 0 amide bonds. The summed E-state index contributed by atoms with van der Waals surface area (Å²) in [6, 6.07) is 7.14. The quantitative estimate of drug-likeness (QED) is 0.322. The fraction of sp³-hybridized carbons (Fsp3) is 0.406. The van der Waals surface area contributed by atoms with Gasteiger partial charge in [0.25, 0.3) is 0 Å². The third kappa shape index (κ3) is 5.30. The van der Waals surface area contributed by atoms with E-state index in [2.05, 4.69) is 26.7 Å². The first kappa shape index (κ1) is 28.1. The van der Waals surface area contributed by atoms with Crippen LogP contribution in [0.1, 0.15) is 45.2 Å². The highest BCUT2D eigenvalue weighted by Gasteiger charge is 2.33. The summed E-state index contributed by atoms with van der Waals surface area (Å²) in [5, 5.41) is 22.6. The number of rotatable bonds is 5. The zero-order chi connectivity index (χ0) is 29.6. The molecular formula is C32H33F2N5O3. The number of aromatic nitrogens is 3. The van der Waals surface area contributed by atoms with Gasteiger partial charge < -0.3 is 24.7 Å². The van der Waals surface area contributed by atoms with Crippen LogP contribution in [0.25, 0.3) is 32.9 Å². The molecule has 0 saturated carbocycles. The number of phenols is 1. The number of phenolic OH excluding ortho intramolecular Hbond substituents is 1. The average Bonchev–Trinajstić information content (AvgIpc) is 3.36. The minimum Gasteiger partial charge on any atom is -0.508 e. The second kappa shape index (κ2) is 11.0. The molecule has 10 heteroatoms. The van der Waals surface area contributed by atoms with Crippen molar-refractivity contribution in [1.82, 2.24) is 19.9 Å². The van der Waals surface area contributed by atoms with Gasteiger partial charge in [-0.2, -0.15) is 9.97 Å². The molecule has 2 atom stereocenters. The van der Waals surface area contributed by atoms with Crippen LogP contribution in [0, 0.1) is 23.5 Å². The maximum Gasteiger partial charge on any atom is 0.319 e. The monoisotopic (exact) mass is 573 g/mol. The van der Waals surface area contributed by atoms with E-state index in [-0.39, 0.29) is 46.8 Å². The Morgan fingerprint density at radius 2 is 1.95 bits per heavy atom. The first-order valence-corrected chi connectivity index (χ1v) is 14.2. The summed E-state index contributed by atoms with van der Waals surface area (Å²) in [6.45, 7) is 5.61. The zero-order valence-electron chi connectivity index (χ0n) is 23.9. The topological polar surface area (TPSA) is 94.8 Å². The first-order chi connectivity index (χ1) is 20.1. The minimum atomic E-state index is -0.962. The van der Waals surface area contributed by atoms with Gasteiger partial charge in [-0.05, 0) is 94.1 Å². The Morgan fingerprint density at radius 1 is 1.12 bits per heavy atom. The molecule has 2 aliphatic heterocycles. The predicted octanol–water partition coefficient (Wildman–Crippen LogP) is 5.02. The molecule has 4 aromatic rings. The summed E-state index contributed by atoms with van der Waals surface area (Å²) in [5.41, 5.74) is -0.687. The van der Waals surface area contributed by atoms with Gasteiger partial charge >= 0.3 is 6.01 Å². The largest absolute Gasteiger partial charge is 0.508 e. The number of aromatic hydroxyl groups is 1. The fourth-order valence-electron chi connectivity index (χ4n) is 6.09. The number of hydrogen-bond acceptors (Lipinski definition) is 8. The lowest BCUT2D eigenvalue weighted by Gasteiger charge is -2.38. The predicted molar refractivity (Wildman–Crippen MR) is 158 cm³/mol. The van der Waals surface area contributed by atoms with Gasteiger partial charge in [-0.15, -0.1) is 0 Å². The van der Waals surface area contributed by atoms with Crippen molar-refractivity contribution >= 4 is 27.5 Å². The number of hydrogen-bond donors (Lipinski definition) is 2. The number of piperidine rings is 1. The molecule has 4 heterocycles. The van der Waals surface area contributed by atoms with Crippen LogP contribution in [-0.4, -0.2) is 75.0 Å². The Morgan fingerprint density at radius 3 is 2.69 bits per heavy atom. The summed E-state index contributed by atoms with van der Waals surface area (Å²) >= 11 is 0. The molecular weight excluding hydrogens is 540 g/mol. The second-order valence-electron chi connectivity index (χ2n) is 11.5. The first-order valence-electron chi connectivity index (χ1n) is 14.2. The molecule has 6 rings (SSSR count). The number of likely N-dealkylation sites (tertiary alicyclic amines) is 1. The second-order valence-corrected chi connectivity index (χ2v) is 11.5. The van der Waals surface area contributed by atoms with Gasteiger partial charge in [-0.25, -0.2) is 13.8 Å². The molecule has 0 radical (unpaired) electrons. The van der Waals surface area contributed by atoms with E-state index in [1.807, 2.05) is 11.9 Å². The molecule has 8 nitrogen and oxygen atoms in total. The van der Waals surface area contributed by atoms with Gasteiger partial charge in [-0.3, -0.25) is 0 Å². The molecule has 0 bridgehead atoms. The number of benzene rings is 2. The van der Waals surface area contributed by atoms with Gasteiger partial charge in [-0.1, -0.05) is 12.0 Å². The lowest BCUT2D eigenvalue weighted by molar-refractivity contribution is 0.0447. The number of fused-ring (bicyclic) bond motifs is 2. The molecule has 218 valence electrons. The highest BCUT2D eigenvalue weighted by molar-refractivity contribution is 6.01. The lowest BCUT2D eigenvalue weighted by atomic mass is 9.94. The van der Waals surface area contributed by atoms with E-state index in [1.165, 1.54) is 30.3 Å². The summed E-state index contributed by atoms with van der Waals surface area (Å²) in [4.78, 5) is 18.0. The van der Waals surface area contributed by atoms with Crippen LogP contribution in [-0.2, 0) is 0 Å². The molecule has 2 aliphatic rings. The van der Waals surface area contributed by atoms with Crippen molar-refractivity contribution in [1.29, 1.82) is 0 Å². The number of nitrogens with zero attached hydrogens (tertiary/aromatic N) is 5. The Bertz CT molecular complexity index is 1750. The molecule has 2 saturated heterocycles. The fourth-order valence-corrected chi connectivity index (χ4v) is 6.09. The average molecular weight is 574 g/mol. The molecule has 42 heavy (non-hydrogen) atoms. The van der Waals surface area contributed by atoms with Crippen LogP contribution in [0.2, 0.25) is 0 Å². The van der Waals surface area contributed by atoms with E-state index in [9.17, 15) is 14.6 Å². The van der Waals surface area contributed by atoms with Crippen molar-refractivity contribution in [3.63, 3.8) is 0 Å². The molecule has 2 aromatic heterocycles. The lowest BCUT2D eigenvalue weighted by Crippen LogP contribution is -2.46. The van der Waals surface area contributed by atoms with Crippen molar-refractivity contribution in [3.05, 3.63) is 47.7 Å². The highest BCUT2D eigenvalue weighted by atomic mass is 19.1. The van der Waals surface area contributed by atoms with Crippen LogP contribution in [0.15, 0.2) is 30.3 Å². The van der Waals surface area contributed by atoms with E-state index in [4.69, 9.17) is 9.72 Å². The third-order valence-electron chi connectivity index (χ3n) is 8.20. The van der Waals surface area contributed by atoms with E-state index in [0.29, 0.717) is 48.0 Å². The number of pyridine rings is 1. The third-order valence-corrected chi connectivity index (χ3v) is 8.20. The van der Waals surface area contributed by atoms with Crippen LogP contribution < -0.4 is 9.64 Å². The van der Waals surface area contributed by atoms with Crippen LogP contribution >= 0.6 is 0 Å². The SMILES string of the molecule is CC#Cc1nc(-c2cc(O)cc3ccc(F)cc23)c(F)c2nc(OC[C@@H]3CCCN3C)nc(N3CCC[C@@](C)(O)C3)c12. The van der Waals surface area contributed by atoms with Crippen molar-refractivity contribution < 1.29 is 23.7 Å². The van der Waals surface area contributed by atoms with Crippen molar-refractivity contribution in [2.75, 3.05) is 38.2 Å². The van der Waals surface area contributed by atoms with Crippen molar-refractivity contribution in [2.45, 2.75) is 51.2 Å². The van der Waals surface area contributed by atoms with E-state index < -0.39 is 17.2 Å². The maximum atomic E-state index is 16.7. The van der Waals surface area contributed by atoms with Crippen LogP contribution in [0.3, 0.4) is 0 Å². The number of likely N-dealkylation sites (N-methyl/N-ethyl adjacent to an activating group) is 1. The van der Waals surface area contributed by atoms with Gasteiger partial charge in [0, 0.05) is 24.7 Å². The molecule has 0 unspecified atom stereocenters. The summed E-state index contributed by atoms with van der Waals surface area (Å²) in [7, 11) is 2.04. The minimum absolute atomic E-state index is 0.0151. The smallest absolute Gasteiger partial charge is 0.319 e. The zero-order valence-corrected chi connectivity index (χ0v) is 23.9. The van der Waals surface area contributed by atoms with Gasteiger partial charge in [0.15, 0.2) is 5.82 Å². The molecule has 2 aromatic carbocycles. The van der Waals surface area contributed by atoms with Gasteiger partial charge in [0.05, 0.1) is 11.0 Å². The van der Waals surface area contributed by atoms with Crippen LogP contribution in [0.5, 0.6) is 11.8 Å². The number of anilines is 1. The number of aliphatic hydroxyl groups is 1. The van der Waals surface area contributed by atoms with Crippen molar-refractivity contribution in [3.8, 4) is 34.9 Å². The van der Waals surface area contributed by atoms with Crippen LogP contribution in [0.4, 0.5) is 14.6 Å². The van der Waals surface area contributed by atoms with Crippen molar-refractivity contribution in [2.24, 2.45) is 0 Å². The summed E-state index contributed by atoms with van der Waals surface area (Å²) in [5.74, 6) is 4.84. The molecule has 0 spiro atoms. The number of β-amino-alcohol motifs (C(OH)–C–C–N with tert-alkyl or cyclic N) is 1. The van der Waals surface area contributed by atoms with E-state index in [1.54, 1.807) is 13.8 Å². The van der Waals surface area contributed by atoms with E-state index >= 15 is 4.39 Å². The molecule has 0 aliphatic carbocycles. The normalized spacial score (nSPS) is 21.1. The standard InChI is InChI=1S/C32H33F2N5O3/c1-4-7-25-26-29(27(34)28(35-25)24-16-22(40)14-19-9-10-20(33)15-23(19)24)36-31(42-17-21-8-5-12-38(21)3)37-30(26)39-13-6-11-32(2,41)18-39/h9-10,14-16,21,40-41H,5-6,8,11-13,17-18H2,1-3H3/t21-,32+/m0/s1. The Hall–Kier alpha value is -4.07. The van der Waals surface area contributed by atoms with E-state index in [0.717, 1.165) is 19.4 Å². The van der Waals surface area contributed by atoms with Gasteiger partial charge in [0.1, 0.15) is 40.9 Å². The molecule has 2 N–H and O–H groups in total. The Labute approximate surface area is 243 Å². The summed E-state index contributed by atoms with van der Waals surface area (Å²) < 4.78 is 37.1. The Balaban J connectivity index is 1.59. The highest BCUT2D eigenvalue weighted by Crippen LogP contribution is 2.39. The Kier molecular flexibility index (Phi) is 7.33.